The maximum absolute atomic E-state index is 12.2. The molecule has 2 fully saturated rings. The van der Waals surface area contributed by atoms with Crippen molar-refractivity contribution < 1.29 is 4.79 Å². The number of carbonyl (C=O) groups excluding carboxylic acids is 1. The summed E-state index contributed by atoms with van der Waals surface area (Å²) in [4.78, 5) is 16.8. The first kappa shape index (κ1) is 13.9. The van der Waals surface area contributed by atoms with Crippen LogP contribution in [0.25, 0.3) is 0 Å². The quantitative estimate of drug-likeness (QED) is 0.770. The van der Waals surface area contributed by atoms with Crippen molar-refractivity contribution in [3.05, 3.63) is 0 Å². The highest BCUT2D eigenvalue weighted by Gasteiger charge is 2.32. The van der Waals surface area contributed by atoms with Crippen LogP contribution in [0.3, 0.4) is 0 Å². The molecule has 0 N–H and O–H groups in total. The van der Waals surface area contributed by atoms with E-state index in [0.717, 1.165) is 18.8 Å². The molecule has 0 aromatic rings. The topological polar surface area (TPSA) is 23.6 Å². The van der Waals surface area contributed by atoms with Crippen LogP contribution in [0.5, 0.6) is 0 Å². The van der Waals surface area contributed by atoms with Crippen LogP contribution in [0, 0.1) is 11.3 Å². The van der Waals surface area contributed by atoms with Crippen molar-refractivity contribution in [3.8, 4) is 0 Å². The zero-order valence-electron chi connectivity index (χ0n) is 12.4. The van der Waals surface area contributed by atoms with Gasteiger partial charge in [0.05, 0.1) is 0 Å². The van der Waals surface area contributed by atoms with Gasteiger partial charge in [0.2, 0.25) is 5.91 Å². The van der Waals surface area contributed by atoms with E-state index >= 15 is 0 Å². The average molecular weight is 252 g/mol. The standard InChI is InChI=1S/C15H28N2O/c1-15(2,3)14(18)16(4)13-7-9-17(10-8-13)11-12-5-6-12/h12-13H,5-11H2,1-4H3. The van der Waals surface area contributed by atoms with Crippen molar-refractivity contribution >= 4 is 5.91 Å². The molecular formula is C15H28N2O. The van der Waals surface area contributed by atoms with Crippen molar-refractivity contribution in [2.45, 2.75) is 52.5 Å². The monoisotopic (exact) mass is 252 g/mol. The van der Waals surface area contributed by atoms with Gasteiger partial charge < -0.3 is 9.80 Å². The maximum Gasteiger partial charge on any atom is 0.227 e. The van der Waals surface area contributed by atoms with Gasteiger partial charge in [0.1, 0.15) is 0 Å². The lowest BCUT2D eigenvalue weighted by Gasteiger charge is -2.39. The molecule has 2 rings (SSSR count). The number of likely N-dealkylation sites (tertiary alicyclic amines) is 1. The van der Waals surface area contributed by atoms with E-state index in [9.17, 15) is 4.79 Å². The van der Waals surface area contributed by atoms with E-state index in [0.29, 0.717) is 6.04 Å². The summed E-state index contributed by atoms with van der Waals surface area (Å²) >= 11 is 0. The highest BCUT2D eigenvalue weighted by Crippen LogP contribution is 2.31. The molecule has 3 heteroatoms. The number of hydrogen-bond donors (Lipinski definition) is 0. The number of piperidine rings is 1. The second kappa shape index (κ2) is 5.20. The molecule has 3 nitrogen and oxygen atoms in total. The van der Waals surface area contributed by atoms with Crippen LogP contribution in [0.4, 0.5) is 0 Å². The van der Waals surface area contributed by atoms with Crippen LogP contribution in [-0.2, 0) is 4.79 Å². The summed E-state index contributed by atoms with van der Waals surface area (Å²) in [5.74, 6) is 1.26. The first-order valence-electron chi connectivity index (χ1n) is 7.37. The summed E-state index contributed by atoms with van der Waals surface area (Å²) in [6.45, 7) is 9.66. The molecule has 0 atom stereocenters. The predicted molar refractivity (Wildman–Crippen MR) is 74.4 cm³/mol. The summed E-state index contributed by atoms with van der Waals surface area (Å²) in [5, 5.41) is 0. The fourth-order valence-corrected chi connectivity index (χ4v) is 2.85. The van der Waals surface area contributed by atoms with Crippen LogP contribution in [0.1, 0.15) is 46.5 Å². The van der Waals surface area contributed by atoms with Crippen LogP contribution >= 0.6 is 0 Å². The average Bonchev–Trinajstić information content (AvgIpc) is 3.11. The Morgan fingerprint density at radius 1 is 1.17 bits per heavy atom. The smallest absolute Gasteiger partial charge is 0.227 e. The fraction of sp³-hybridized carbons (Fsp3) is 0.933. The van der Waals surface area contributed by atoms with E-state index in [4.69, 9.17) is 0 Å². The molecule has 1 amide bonds. The van der Waals surface area contributed by atoms with Crippen LogP contribution in [-0.4, -0.2) is 48.4 Å². The second-order valence-electron chi connectivity index (χ2n) is 7.14. The molecule has 1 saturated carbocycles. The maximum atomic E-state index is 12.2. The predicted octanol–water partition coefficient (Wildman–Crippen LogP) is 2.37. The van der Waals surface area contributed by atoms with E-state index < -0.39 is 0 Å². The van der Waals surface area contributed by atoms with Crippen molar-refractivity contribution in [2.75, 3.05) is 26.7 Å². The summed E-state index contributed by atoms with van der Waals surface area (Å²) < 4.78 is 0. The normalized spacial score (nSPS) is 23.1. The van der Waals surface area contributed by atoms with Crippen molar-refractivity contribution in [3.63, 3.8) is 0 Å². The molecule has 0 unspecified atom stereocenters. The Morgan fingerprint density at radius 3 is 2.17 bits per heavy atom. The van der Waals surface area contributed by atoms with Crippen molar-refractivity contribution in [1.82, 2.24) is 9.80 Å². The van der Waals surface area contributed by atoms with Gasteiger partial charge in [-0.15, -0.1) is 0 Å². The lowest BCUT2D eigenvalue weighted by molar-refractivity contribution is -0.141. The Hall–Kier alpha value is -0.570. The first-order chi connectivity index (χ1) is 8.38. The van der Waals surface area contributed by atoms with E-state index in [2.05, 4.69) is 4.90 Å². The summed E-state index contributed by atoms with van der Waals surface area (Å²) in [5.41, 5.74) is -0.250. The van der Waals surface area contributed by atoms with Crippen LogP contribution < -0.4 is 0 Å². The third-order valence-electron chi connectivity index (χ3n) is 4.28. The Labute approximate surface area is 112 Å². The third kappa shape index (κ3) is 3.47. The van der Waals surface area contributed by atoms with E-state index in [1.165, 1.54) is 32.5 Å². The minimum absolute atomic E-state index is 0.250. The highest BCUT2D eigenvalue weighted by atomic mass is 16.2. The van der Waals surface area contributed by atoms with Gasteiger partial charge in [0, 0.05) is 38.1 Å². The molecule has 18 heavy (non-hydrogen) atoms. The molecule has 2 aliphatic rings. The largest absolute Gasteiger partial charge is 0.342 e. The molecule has 104 valence electrons. The highest BCUT2D eigenvalue weighted by molar-refractivity contribution is 5.81. The molecule has 0 radical (unpaired) electrons. The minimum Gasteiger partial charge on any atom is -0.342 e. The fourth-order valence-electron chi connectivity index (χ4n) is 2.85. The van der Waals surface area contributed by atoms with E-state index in [-0.39, 0.29) is 11.3 Å². The number of carbonyl (C=O) groups is 1. The number of nitrogens with zero attached hydrogens (tertiary/aromatic N) is 2. The molecular weight excluding hydrogens is 224 g/mol. The van der Waals surface area contributed by atoms with Gasteiger partial charge in [-0.1, -0.05) is 20.8 Å². The molecule has 1 heterocycles. The number of rotatable bonds is 3. The Bertz CT molecular complexity index is 296. The molecule has 1 aliphatic carbocycles. The van der Waals surface area contributed by atoms with Gasteiger partial charge in [-0.05, 0) is 31.6 Å². The van der Waals surface area contributed by atoms with Gasteiger partial charge in [-0.2, -0.15) is 0 Å². The third-order valence-corrected chi connectivity index (χ3v) is 4.28. The zero-order chi connectivity index (χ0) is 13.3. The number of hydrogen-bond acceptors (Lipinski definition) is 2. The number of amides is 1. The molecule has 1 aliphatic heterocycles. The lowest BCUT2D eigenvalue weighted by atomic mass is 9.92. The second-order valence-corrected chi connectivity index (χ2v) is 7.14. The Kier molecular flexibility index (Phi) is 4.00. The van der Waals surface area contributed by atoms with Crippen LogP contribution in [0.2, 0.25) is 0 Å². The van der Waals surface area contributed by atoms with Gasteiger partial charge in [0.25, 0.3) is 0 Å². The molecule has 1 saturated heterocycles. The summed E-state index contributed by atoms with van der Waals surface area (Å²) in [7, 11) is 1.98. The molecule has 0 aromatic carbocycles. The molecule has 0 aromatic heterocycles. The van der Waals surface area contributed by atoms with Crippen molar-refractivity contribution in [1.29, 1.82) is 0 Å². The van der Waals surface area contributed by atoms with Gasteiger partial charge >= 0.3 is 0 Å². The SMILES string of the molecule is CN(C(=O)C(C)(C)C)C1CCN(CC2CC2)CC1. The van der Waals surface area contributed by atoms with Crippen LogP contribution in [0.15, 0.2) is 0 Å². The first-order valence-corrected chi connectivity index (χ1v) is 7.37. The van der Waals surface area contributed by atoms with Gasteiger partial charge in [0.15, 0.2) is 0 Å². The zero-order valence-corrected chi connectivity index (χ0v) is 12.4. The van der Waals surface area contributed by atoms with E-state index in [1.54, 1.807) is 0 Å². The van der Waals surface area contributed by atoms with E-state index in [1.807, 2.05) is 32.7 Å². The summed E-state index contributed by atoms with van der Waals surface area (Å²) in [6, 6.07) is 0.451. The Morgan fingerprint density at radius 2 is 1.72 bits per heavy atom. The molecule has 0 bridgehead atoms. The van der Waals surface area contributed by atoms with Gasteiger partial charge in [-0.3, -0.25) is 4.79 Å². The van der Waals surface area contributed by atoms with Crippen molar-refractivity contribution in [2.24, 2.45) is 11.3 Å². The minimum atomic E-state index is -0.250. The Balaban J connectivity index is 1.79. The lowest BCUT2D eigenvalue weighted by Crippen LogP contribution is -2.48. The van der Waals surface area contributed by atoms with Gasteiger partial charge in [-0.25, -0.2) is 0 Å². The molecule has 0 spiro atoms. The summed E-state index contributed by atoms with van der Waals surface area (Å²) in [6.07, 6.45) is 5.15.